The normalized spacial score (nSPS) is 11.3. The molecule has 0 atom stereocenters. The summed E-state index contributed by atoms with van der Waals surface area (Å²) in [5.74, 6) is -0.514. The number of imidazole rings is 1. The SMILES string of the molecule is Nc1cccc(-c2cn3c(O)c(Cc4ccco4)nc3c(Cc3ccccc3F)n2)c1F. The monoisotopic (exact) mass is 432 g/mol. The molecule has 0 saturated carbocycles. The van der Waals surface area contributed by atoms with Gasteiger partial charge < -0.3 is 15.3 Å². The minimum atomic E-state index is -0.619. The molecule has 3 heterocycles. The molecule has 3 N–H and O–H groups in total. The van der Waals surface area contributed by atoms with Crippen LogP contribution in [0.3, 0.4) is 0 Å². The lowest BCUT2D eigenvalue weighted by Crippen LogP contribution is -2.03. The highest BCUT2D eigenvalue weighted by Gasteiger charge is 2.20. The van der Waals surface area contributed by atoms with Crippen LogP contribution in [0.1, 0.15) is 22.7 Å². The Kier molecular flexibility index (Phi) is 4.82. The molecule has 3 aromatic heterocycles. The maximum Gasteiger partial charge on any atom is 0.219 e. The van der Waals surface area contributed by atoms with Crippen LogP contribution in [-0.4, -0.2) is 19.5 Å². The van der Waals surface area contributed by atoms with E-state index >= 15 is 0 Å². The van der Waals surface area contributed by atoms with Gasteiger partial charge in [-0.2, -0.15) is 0 Å². The Balaban J connectivity index is 1.71. The lowest BCUT2D eigenvalue weighted by atomic mass is 10.1. The van der Waals surface area contributed by atoms with Crippen LogP contribution in [-0.2, 0) is 12.8 Å². The average Bonchev–Trinajstić information content (AvgIpc) is 3.41. The number of rotatable bonds is 5. The van der Waals surface area contributed by atoms with E-state index in [1.54, 1.807) is 42.5 Å². The molecule has 0 aliphatic heterocycles. The molecule has 8 heteroatoms. The molecule has 0 amide bonds. The first kappa shape index (κ1) is 19.7. The maximum atomic E-state index is 14.7. The minimum Gasteiger partial charge on any atom is -0.493 e. The third kappa shape index (κ3) is 3.45. The zero-order valence-electron chi connectivity index (χ0n) is 16.8. The van der Waals surface area contributed by atoms with Gasteiger partial charge in [-0.3, -0.25) is 4.40 Å². The molecule has 0 aliphatic carbocycles. The molecular formula is C24H18F2N4O2. The van der Waals surface area contributed by atoms with Crippen molar-refractivity contribution in [1.29, 1.82) is 0 Å². The summed E-state index contributed by atoms with van der Waals surface area (Å²) < 4.78 is 35.9. The van der Waals surface area contributed by atoms with E-state index in [4.69, 9.17) is 10.2 Å². The number of anilines is 1. The Labute approximate surface area is 181 Å². The Bertz CT molecular complexity index is 1430. The first-order chi connectivity index (χ1) is 15.5. The molecular weight excluding hydrogens is 414 g/mol. The Hall–Kier alpha value is -4.20. The van der Waals surface area contributed by atoms with Gasteiger partial charge >= 0.3 is 0 Å². The van der Waals surface area contributed by atoms with Crippen molar-refractivity contribution in [2.24, 2.45) is 0 Å². The first-order valence-corrected chi connectivity index (χ1v) is 9.91. The molecule has 2 aromatic carbocycles. The van der Waals surface area contributed by atoms with Crippen LogP contribution in [0.4, 0.5) is 14.5 Å². The molecule has 6 nitrogen and oxygen atoms in total. The average molecular weight is 432 g/mol. The van der Waals surface area contributed by atoms with E-state index in [0.717, 1.165) is 0 Å². The summed E-state index contributed by atoms with van der Waals surface area (Å²) in [4.78, 5) is 9.12. The zero-order valence-corrected chi connectivity index (χ0v) is 16.8. The minimum absolute atomic E-state index is 0.0200. The quantitative estimate of drug-likeness (QED) is 0.392. The maximum absolute atomic E-state index is 14.7. The second-order valence-electron chi connectivity index (χ2n) is 7.38. The number of hydrogen-bond donors (Lipinski definition) is 2. The van der Waals surface area contributed by atoms with Crippen molar-refractivity contribution in [3.8, 4) is 17.1 Å². The van der Waals surface area contributed by atoms with Crippen molar-refractivity contribution in [2.75, 3.05) is 5.73 Å². The molecule has 0 fully saturated rings. The molecule has 0 bridgehead atoms. The number of benzene rings is 2. The van der Waals surface area contributed by atoms with Gasteiger partial charge in [0, 0.05) is 18.2 Å². The summed E-state index contributed by atoms with van der Waals surface area (Å²) in [6.07, 6.45) is 3.38. The molecule has 160 valence electrons. The Morgan fingerprint density at radius 1 is 0.938 bits per heavy atom. The number of aromatic hydroxyl groups is 1. The number of halogens is 2. The lowest BCUT2D eigenvalue weighted by Gasteiger charge is -2.10. The van der Waals surface area contributed by atoms with Gasteiger partial charge in [0.1, 0.15) is 17.3 Å². The van der Waals surface area contributed by atoms with Crippen LogP contribution in [0.15, 0.2) is 71.5 Å². The highest BCUT2D eigenvalue weighted by Crippen LogP contribution is 2.30. The van der Waals surface area contributed by atoms with Crippen LogP contribution in [0, 0.1) is 11.6 Å². The molecule has 0 aliphatic rings. The topological polar surface area (TPSA) is 89.6 Å². The van der Waals surface area contributed by atoms with Gasteiger partial charge in [0.25, 0.3) is 0 Å². The molecule has 0 spiro atoms. The van der Waals surface area contributed by atoms with Gasteiger partial charge in [-0.25, -0.2) is 18.7 Å². The number of furan rings is 1. The summed E-state index contributed by atoms with van der Waals surface area (Å²) in [5, 5.41) is 10.9. The summed E-state index contributed by atoms with van der Waals surface area (Å²) >= 11 is 0. The molecule has 0 unspecified atom stereocenters. The molecule has 0 radical (unpaired) electrons. The lowest BCUT2D eigenvalue weighted by molar-refractivity contribution is 0.438. The van der Waals surface area contributed by atoms with Crippen LogP contribution < -0.4 is 5.73 Å². The van der Waals surface area contributed by atoms with Crippen molar-refractivity contribution in [1.82, 2.24) is 14.4 Å². The van der Waals surface area contributed by atoms with Crippen LogP contribution in [0.25, 0.3) is 16.9 Å². The van der Waals surface area contributed by atoms with Gasteiger partial charge in [-0.1, -0.05) is 24.3 Å². The number of nitrogens with zero attached hydrogens (tertiary/aromatic N) is 3. The molecule has 32 heavy (non-hydrogen) atoms. The van der Waals surface area contributed by atoms with Crippen LogP contribution in [0.5, 0.6) is 5.88 Å². The predicted molar refractivity (Wildman–Crippen MR) is 115 cm³/mol. The van der Waals surface area contributed by atoms with E-state index in [-0.39, 0.29) is 41.5 Å². The highest BCUT2D eigenvalue weighted by molar-refractivity contribution is 5.67. The molecule has 0 saturated heterocycles. The van der Waals surface area contributed by atoms with E-state index in [0.29, 0.717) is 28.4 Å². The van der Waals surface area contributed by atoms with E-state index in [1.807, 2.05) is 0 Å². The number of nitrogen functional groups attached to an aromatic ring is 1. The number of nitrogens with two attached hydrogens (primary N) is 1. The van der Waals surface area contributed by atoms with E-state index in [9.17, 15) is 13.9 Å². The van der Waals surface area contributed by atoms with Crippen molar-refractivity contribution in [3.05, 3.63) is 101 Å². The first-order valence-electron chi connectivity index (χ1n) is 9.91. The van der Waals surface area contributed by atoms with Crippen molar-refractivity contribution >= 4 is 11.3 Å². The smallest absolute Gasteiger partial charge is 0.219 e. The van der Waals surface area contributed by atoms with Gasteiger partial charge in [-0.05, 0) is 35.9 Å². The predicted octanol–water partition coefficient (Wildman–Crippen LogP) is 4.74. The number of fused-ring (bicyclic) bond motifs is 1. The Morgan fingerprint density at radius 3 is 2.56 bits per heavy atom. The van der Waals surface area contributed by atoms with Crippen LogP contribution in [0.2, 0.25) is 0 Å². The summed E-state index contributed by atoms with van der Waals surface area (Å²) in [6, 6.07) is 14.5. The van der Waals surface area contributed by atoms with Gasteiger partial charge in [0.05, 0.1) is 29.8 Å². The van der Waals surface area contributed by atoms with Gasteiger partial charge in [0.15, 0.2) is 11.5 Å². The zero-order chi connectivity index (χ0) is 22.2. The fourth-order valence-corrected chi connectivity index (χ4v) is 3.66. The van der Waals surface area contributed by atoms with Crippen molar-refractivity contribution < 1.29 is 18.3 Å². The van der Waals surface area contributed by atoms with Crippen LogP contribution >= 0.6 is 0 Å². The summed E-state index contributed by atoms with van der Waals surface area (Å²) in [6.45, 7) is 0. The van der Waals surface area contributed by atoms with E-state index < -0.39 is 5.82 Å². The standard InChI is InChI=1S/C24H18F2N4O2/c25-17-8-2-1-5-14(17)11-19-23-29-20(12-15-6-4-10-32-15)24(31)30(23)13-21(28-19)16-7-3-9-18(27)22(16)26/h1-10,13,31H,11-12,27H2. The van der Waals surface area contributed by atoms with E-state index in [1.165, 1.54) is 29.0 Å². The fourth-order valence-electron chi connectivity index (χ4n) is 3.66. The van der Waals surface area contributed by atoms with Gasteiger partial charge in [-0.15, -0.1) is 0 Å². The second kappa shape index (κ2) is 7.81. The van der Waals surface area contributed by atoms with Crippen molar-refractivity contribution in [2.45, 2.75) is 12.8 Å². The third-order valence-corrected chi connectivity index (χ3v) is 5.26. The molecule has 5 rings (SSSR count). The molecule has 5 aromatic rings. The second-order valence-corrected chi connectivity index (χ2v) is 7.38. The number of hydrogen-bond acceptors (Lipinski definition) is 5. The van der Waals surface area contributed by atoms with Gasteiger partial charge in [0.2, 0.25) is 5.88 Å². The largest absolute Gasteiger partial charge is 0.493 e. The fraction of sp³-hybridized carbons (Fsp3) is 0.0833. The third-order valence-electron chi connectivity index (χ3n) is 5.26. The van der Waals surface area contributed by atoms with E-state index in [2.05, 4.69) is 9.97 Å². The number of aromatic nitrogens is 3. The highest BCUT2D eigenvalue weighted by atomic mass is 19.1. The summed E-state index contributed by atoms with van der Waals surface area (Å²) in [5.41, 5.74) is 7.62. The summed E-state index contributed by atoms with van der Waals surface area (Å²) in [7, 11) is 0. The Morgan fingerprint density at radius 2 is 1.78 bits per heavy atom. The van der Waals surface area contributed by atoms with Crippen molar-refractivity contribution in [3.63, 3.8) is 0 Å².